The Hall–Kier alpha value is -3.34. The fourth-order valence-corrected chi connectivity index (χ4v) is 5.11. The number of rotatable bonds is 6. The van der Waals surface area contributed by atoms with Crippen LogP contribution in [0.3, 0.4) is 0 Å². The van der Waals surface area contributed by atoms with Crippen LogP contribution in [-0.2, 0) is 9.84 Å². The molecular weight excluding hydrogens is 550 g/mol. The zero-order valence-corrected chi connectivity index (χ0v) is 21.4. The molecule has 12 heteroatoms. The molecule has 4 aromatic rings. The van der Waals surface area contributed by atoms with Crippen LogP contribution in [-0.4, -0.2) is 42.9 Å². The maximum Gasteiger partial charge on any atom is 0.405 e. The summed E-state index contributed by atoms with van der Waals surface area (Å²) in [6, 6.07) is 18.4. The van der Waals surface area contributed by atoms with E-state index in [2.05, 4.69) is 4.98 Å². The number of imidazole rings is 1. The van der Waals surface area contributed by atoms with Crippen LogP contribution in [0.15, 0.2) is 77.8 Å². The molecule has 0 atom stereocenters. The molecular formula is C25H18Cl2F3N3O3S. The van der Waals surface area contributed by atoms with E-state index in [1.807, 2.05) is 30.3 Å². The van der Waals surface area contributed by atoms with Gasteiger partial charge in [-0.2, -0.15) is 13.2 Å². The zero-order chi connectivity index (χ0) is 27.0. The van der Waals surface area contributed by atoms with E-state index >= 15 is 0 Å². The van der Waals surface area contributed by atoms with Crippen molar-refractivity contribution in [3.63, 3.8) is 0 Å². The van der Waals surface area contributed by atoms with Gasteiger partial charge in [-0.3, -0.25) is 9.36 Å². The Morgan fingerprint density at radius 2 is 1.62 bits per heavy atom. The van der Waals surface area contributed by atoms with Gasteiger partial charge >= 0.3 is 6.18 Å². The molecule has 0 bridgehead atoms. The molecule has 192 valence electrons. The topological polar surface area (TPSA) is 81.1 Å². The number of hydrogen-bond donors (Lipinski definition) is 1. The third-order valence-electron chi connectivity index (χ3n) is 5.30. The van der Waals surface area contributed by atoms with Gasteiger partial charge in [-0.25, -0.2) is 13.4 Å². The SMILES string of the molecule is CS(=O)(=O)c1cc(-c2ccccc2)ccc1-n1cc(C(=O)NCC(F)(F)F)nc1-c1c(Cl)cccc1Cl. The molecule has 0 aliphatic carbocycles. The van der Waals surface area contributed by atoms with Gasteiger partial charge in [0.2, 0.25) is 0 Å². The van der Waals surface area contributed by atoms with Crippen LogP contribution in [0.4, 0.5) is 13.2 Å². The van der Waals surface area contributed by atoms with Gasteiger partial charge in [0, 0.05) is 12.5 Å². The number of benzene rings is 3. The van der Waals surface area contributed by atoms with E-state index in [0.29, 0.717) is 5.56 Å². The Kier molecular flexibility index (Phi) is 7.36. The van der Waals surface area contributed by atoms with Crippen molar-refractivity contribution < 1.29 is 26.4 Å². The second-order valence-corrected chi connectivity index (χ2v) is 10.8. The number of aromatic nitrogens is 2. The molecule has 3 aromatic carbocycles. The molecule has 0 saturated carbocycles. The lowest BCUT2D eigenvalue weighted by atomic mass is 10.1. The van der Waals surface area contributed by atoms with Gasteiger partial charge in [0.15, 0.2) is 9.84 Å². The highest BCUT2D eigenvalue weighted by molar-refractivity contribution is 7.90. The summed E-state index contributed by atoms with van der Waals surface area (Å²) in [6.45, 7) is -1.57. The van der Waals surface area contributed by atoms with Crippen LogP contribution < -0.4 is 5.32 Å². The molecule has 1 aromatic heterocycles. The highest BCUT2D eigenvalue weighted by Crippen LogP contribution is 2.37. The largest absolute Gasteiger partial charge is 0.405 e. The van der Waals surface area contributed by atoms with E-state index in [-0.39, 0.29) is 37.7 Å². The van der Waals surface area contributed by atoms with Gasteiger partial charge in [-0.05, 0) is 35.4 Å². The van der Waals surface area contributed by atoms with E-state index < -0.39 is 28.5 Å². The number of sulfone groups is 1. The van der Waals surface area contributed by atoms with Crippen LogP contribution in [0, 0.1) is 0 Å². The molecule has 0 spiro atoms. The second kappa shape index (κ2) is 10.2. The average molecular weight is 568 g/mol. The van der Waals surface area contributed by atoms with E-state index in [4.69, 9.17) is 23.2 Å². The number of halogens is 5. The number of hydrogen-bond acceptors (Lipinski definition) is 4. The Bertz CT molecular complexity index is 1570. The first-order chi connectivity index (χ1) is 17.3. The van der Waals surface area contributed by atoms with Crippen molar-refractivity contribution in [2.24, 2.45) is 0 Å². The van der Waals surface area contributed by atoms with E-state index in [9.17, 15) is 26.4 Å². The van der Waals surface area contributed by atoms with Gasteiger partial charge in [-0.1, -0.05) is 65.7 Å². The van der Waals surface area contributed by atoms with Crippen molar-refractivity contribution in [1.82, 2.24) is 14.9 Å². The van der Waals surface area contributed by atoms with Gasteiger partial charge in [0.1, 0.15) is 18.1 Å². The Balaban J connectivity index is 1.95. The molecule has 0 radical (unpaired) electrons. The molecule has 0 unspecified atom stereocenters. The normalized spacial score (nSPS) is 11.9. The molecule has 0 fully saturated rings. The van der Waals surface area contributed by atoms with Gasteiger partial charge < -0.3 is 5.32 Å². The summed E-state index contributed by atoms with van der Waals surface area (Å²) in [5.41, 5.74) is 1.28. The summed E-state index contributed by atoms with van der Waals surface area (Å²) < 4.78 is 65.0. The monoisotopic (exact) mass is 567 g/mol. The van der Waals surface area contributed by atoms with Crippen LogP contribution in [0.1, 0.15) is 10.5 Å². The van der Waals surface area contributed by atoms with Gasteiger partial charge in [-0.15, -0.1) is 0 Å². The fourth-order valence-electron chi connectivity index (χ4n) is 3.65. The molecule has 1 amide bonds. The highest BCUT2D eigenvalue weighted by atomic mass is 35.5. The summed E-state index contributed by atoms with van der Waals surface area (Å²) >= 11 is 12.7. The molecule has 1 N–H and O–H groups in total. The number of amides is 1. The maximum absolute atomic E-state index is 12.9. The first-order valence-electron chi connectivity index (χ1n) is 10.6. The summed E-state index contributed by atoms with van der Waals surface area (Å²) in [6.07, 6.45) is -2.46. The number of carbonyl (C=O) groups excluding carboxylic acids is 1. The minimum atomic E-state index is -4.64. The average Bonchev–Trinajstić information content (AvgIpc) is 3.26. The van der Waals surface area contributed by atoms with Gasteiger partial charge in [0.25, 0.3) is 5.91 Å². The van der Waals surface area contributed by atoms with Crippen molar-refractivity contribution in [1.29, 1.82) is 0 Å². The lowest BCUT2D eigenvalue weighted by Gasteiger charge is -2.15. The first-order valence-corrected chi connectivity index (χ1v) is 13.3. The summed E-state index contributed by atoms with van der Waals surface area (Å²) in [5, 5.41) is 2.05. The third-order valence-corrected chi connectivity index (χ3v) is 7.06. The Labute approximate surface area is 220 Å². The predicted molar refractivity (Wildman–Crippen MR) is 136 cm³/mol. The Morgan fingerprint density at radius 1 is 0.973 bits per heavy atom. The Morgan fingerprint density at radius 3 is 2.22 bits per heavy atom. The number of carbonyl (C=O) groups is 1. The summed E-state index contributed by atoms with van der Waals surface area (Å²) in [5.74, 6) is -1.13. The predicted octanol–water partition coefficient (Wildman–Crippen LogP) is 6.21. The van der Waals surface area contributed by atoms with Crippen LogP contribution >= 0.6 is 23.2 Å². The fraction of sp³-hybridized carbons (Fsp3) is 0.120. The second-order valence-electron chi connectivity index (χ2n) is 8.03. The molecule has 4 rings (SSSR count). The minimum absolute atomic E-state index is 0.0230. The van der Waals surface area contributed by atoms with Crippen LogP contribution in [0.2, 0.25) is 10.0 Å². The molecule has 37 heavy (non-hydrogen) atoms. The van der Waals surface area contributed by atoms with Crippen molar-refractivity contribution >= 4 is 38.9 Å². The van der Waals surface area contributed by atoms with Crippen molar-refractivity contribution in [3.05, 3.63) is 88.7 Å². The number of nitrogens with one attached hydrogen (secondary N) is 1. The minimum Gasteiger partial charge on any atom is -0.342 e. The van der Waals surface area contributed by atoms with Crippen molar-refractivity contribution in [2.75, 3.05) is 12.8 Å². The quantitative estimate of drug-likeness (QED) is 0.300. The number of nitrogens with zero attached hydrogens (tertiary/aromatic N) is 2. The molecule has 0 saturated heterocycles. The zero-order valence-electron chi connectivity index (χ0n) is 19.1. The summed E-state index contributed by atoms with van der Waals surface area (Å²) in [7, 11) is -3.84. The number of alkyl halides is 3. The molecule has 1 heterocycles. The maximum atomic E-state index is 12.9. The molecule has 0 aliphatic rings. The lowest BCUT2D eigenvalue weighted by Crippen LogP contribution is -2.33. The van der Waals surface area contributed by atoms with Gasteiger partial charge in [0.05, 0.1) is 26.2 Å². The smallest absolute Gasteiger partial charge is 0.342 e. The molecule has 6 nitrogen and oxygen atoms in total. The third kappa shape index (κ3) is 5.98. The van der Waals surface area contributed by atoms with E-state index in [0.717, 1.165) is 18.0 Å². The first kappa shape index (κ1) is 26.7. The van der Waals surface area contributed by atoms with Crippen LogP contribution in [0.25, 0.3) is 28.2 Å². The summed E-state index contributed by atoms with van der Waals surface area (Å²) in [4.78, 5) is 16.6. The standard InChI is InChI=1S/C25H18Cl2F3N3O3S/c1-37(35,36)21-12-16(15-6-3-2-4-7-15)10-11-20(21)33-13-19(24(34)31-14-25(28,29)30)32-23(33)22-17(26)8-5-9-18(22)27/h2-13H,14H2,1H3,(H,31,34). The van der Waals surface area contributed by atoms with E-state index in [1.165, 1.54) is 28.8 Å². The van der Waals surface area contributed by atoms with E-state index in [1.54, 1.807) is 17.4 Å². The highest BCUT2D eigenvalue weighted by Gasteiger charge is 2.29. The van der Waals surface area contributed by atoms with Crippen molar-refractivity contribution in [3.8, 4) is 28.2 Å². The van der Waals surface area contributed by atoms with Crippen molar-refractivity contribution in [2.45, 2.75) is 11.1 Å². The molecule has 0 aliphatic heterocycles. The van der Waals surface area contributed by atoms with Crippen LogP contribution in [0.5, 0.6) is 0 Å². The lowest BCUT2D eigenvalue weighted by molar-refractivity contribution is -0.123.